The second-order valence-electron chi connectivity index (χ2n) is 6.99. The van der Waals surface area contributed by atoms with Crippen molar-refractivity contribution < 1.29 is 4.74 Å². The third-order valence-electron chi connectivity index (χ3n) is 6.16. The second-order valence-corrected chi connectivity index (χ2v) is 6.99. The van der Waals surface area contributed by atoms with Crippen molar-refractivity contribution in [2.75, 3.05) is 7.11 Å². The molecule has 5 atom stereocenters. The van der Waals surface area contributed by atoms with Gasteiger partial charge in [-0.3, -0.25) is 0 Å². The summed E-state index contributed by atoms with van der Waals surface area (Å²) in [5.74, 6) is 5.12. The lowest BCUT2D eigenvalue weighted by Crippen LogP contribution is -2.38. The first-order chi connectivity index (χ1) is 9.85. The van der Waals surface area contributed by atoms with E-state index in [0.29, 0.717) is 0 Å². The Bertz CT molecular complexity index is 469. The molecule has 0 aliphatic heterocycles. The van der Waals surface area contributed by atoms with E-state index < -0.39 is 0 Å². The van der Waals surface area contributed by atoms with Gasteiger partial charge in [-0.25, -0.2) is 0 Å². The maximum atomic E-state index is 5.21. The fraction of sp³-hybridized carbons (Fsp3) is 0.667. The molecular weight excluding hydrogens is 246 g/mol. The number of benzene rings is 1. The van der Waals surface area contributed by atoms with E-state index >= 15 is 0 Å². The Morgan fingerprint density at radius 1 is 1.05 bits per heavy atom. The molecule has 3 fully saturated rings. The molecule has 0 amide bonds. The van der Waals surface area contributed by atoms with Gasteiger partial charge in [-0.15, -0.1) is 0 Å². The molecule has 3 aliphatic carbocycles. The minimum absolute atomic E-state index is 0.779. The Morgan fingerprint density at radius 2 is 1.85 bits per heavy atom. The Balaban J connectivity index is 1.36. The van der Waals surface area contributed by atoms with Crippen molar-refractivity contribution in [3.05, 3.63) is 29.8 Å². The van der Waals surface area contributed by atoms with Gasteiger partial charge in [0.1, 0.15) is 5.75 Å². The van der Waals surface area contributed by atoms with E-state index in [4.69, 9.17) is 4.74 Å². The highest BCUT2D eigenvalue weighted by atomic mass is 16.5. The second kappa shape index (κ2) is 5.07. The van der Waals surface area contributed by atoms with Crippen molar-refractivity contribution in [1.29, 1.82) is 0 Å². The number of methoxy groups -OCH3 is 1. The summed E-state index contributed by atoms with van der Waals surface area (Å²) in [6.45, 7) is 1.01. The summed E-state index contributed by atoms with van der Waals surface area (Å²) < 4.78 is 5.21. The Morgan fingerprint density at radius 3 is 2.65 bits per heavy atom. The lowest BCUT2D eigenvalue weighted by molar-refractivity contribution is 0.208. The van der Waals surface area contributed by atoms with Crippen LogP contribution < -0.4 is 10.1 Å². The zero-order valence-corrected chi connectivity index (χ0v) is 12.3. The molecule has 1 N–H and O–H groups in total. The van der Waals surface area contributed by atoms with Crippen LogP contribution in [0.15, 0.2) is 24.3 Å². The quantitative estimate of drug-likeness (QED) is 0.903. The molecule has 2 bridgehead atoms. The van der Waals surface area contributed by atoms with Crippen LogP contribution in [0.3, 0.4) is 0 Å². The van der Waals surface area contributed by atoms with Gasteiger partial charge in [0.15, 0.2) is 0 Å². The van der Waals surface area contributed by atoms with Crippen molar-refractivity contribution in [1.82, 2.24) is 5.32 Å². The summed E-state index contributed by atoms with van der Waals surface area (Å²) in [6.07, 6.45) is 7.47. The summed E-state index contributed by atoms with van der Waals surface area (Å²) in [4.78, 5) is 0. The van der Waals surface area contributed by atoms with Crippen LogP contribution in [0.25, 0.3) is 0 Å². The van der Waals surface area contributed by atoms with Gasteiger partial charge in [-0.2, -0.15) is 0 Å². The maximum absolute atomic E-state index is 5.21. The Hall–Kier alpha value is -1.02. The molecule has 0 heterocycles. The molecule has 2 nitrogen and oxygen atoms in total. The fourth-order valence-corrected chi connectivity index (χ4v) is 5.30. The predicted octanol–water partition coefficient (Wildman–Crippen LogP) is 3.61. The van der Waals surface area contributed by atoms with Crippen LogP contribution in [0.5, 0.6) is 5.75 Å². The number of ether oxygens (including phenoxy) is 1. The molecule has 0 saturated heterocycles. The summed E-state index contributed by atoms with van der Waals surface area (Å²) in [7, 11) is 1.72. The first-order valence-corrected chi connectivity index (χ1v) is 8.21. The first-order valence-electron chi connectivity index (χ1n) is 8.21. The van der Waals surface area contributed by atoms with Crippen LogP contribution in [-0.4, -0.2) is 13.2 Å². The van der Waals surface area contributed by atoms with Crippen molar-refractivity contribution in [2.45, 2.75) is 44.7 Å². The van der Waals surface area contributed by atoms with E-state index in [9.17, 15) is 0 Å². The lowest BCUT2D eigenvalue weighted by atomic mass is 9.79. The Kier molecular flexibility index (Phi) is 3.22. The van der Waals surface area contributed by atoms with Crippen LogP contribution in [0.4, 0.5) is 0 Å². The van der Waals surface area contributed by atoms with Gasteiger partial charge in [-0.1, -0.05) is 18.6 Å². The molecule has 0 spiro atoms. The molecule has 4 rings (SSSR count). The van der Waals surface area contributed by atoms with Gasteiger partial charge in [0.05, 0.1) is 7.11 Å². The molecule has 0 radical (unpaired) electrons. The lowest BCUT2D eigenvalue weighted by Gasteiger charge is -2.32. The maximum Gasteiger partial charge on any atom is 0.118 e. The molecule has 2 heteroatoms. The number of fused-ring (bicyclic) bond motifs is 5. The van der Waals surface area contributed by atoms with Crippen LogP contribution in [0, 0.1) is 23.7 Å². The standard InChI is InChI=1S/C18H25NO/c1-20-14-7-5-12(6-8-14)11-19-18-10-13-9-17(18)16-4-2-3-15(13)16/h5-8,13,15-19H,2-4,9-11H2,1H3. The van der Waals surface area contributed by atoms with Crippen molar-refractivity contribution in [3.8, 4) is 5.75 Å². The minimum atomic E-state index is 0.779. The minimum Gasteiger partial charge on any atom is -0.497 e. The number of nitrogens with one attached hydrogen (secondary N) is 1. The number of hydrogen-bond donors (Lipinski definition) is 1. The van der Waals surface area contributed by atoms with Gasteiger partial charge in [0.25, 0.3) is 0 Å². The largest absolute Gasteiger partial charge is 0.497 e. The highest BCUT2D eigenvalue weighted by Gasteiger charge is 2.53. The van der Waals surface area contributed by atoms with Crippen molar-refractivity contribution in [3.63, 3.8) is 0 Å². The summed E-state index contributed by atoms with van der Waals surface area (Å²) in [5, 5.41) is 3.84. The first kappa shape index (κ1) is 12.7. The summed E-state index contributed by atoms with van der Waals surface area (Å²) >= 11 is 0. The topological polar surface area (TPSA) is 21.3 Å². The molecule has 1 aromatic rings. The number of hydrogen-bond acceptors (Lipinski definition) is 2. The van der Waals surface area contributed by atoms with Crippen LogP contribution >= 0.6 is 0 Å². The molecule has 5 unspecified atom stereocenters. The smallest absolute Gasteiger partial charge is 0.118 e. The molecule has 3 aliphatic rings. The fourth-order valence-electron chi connectivity index (χ4n) is 5.30. The molecule has 20 heavy (non-hydrogen) atoms. The molecule has 3 saturated carbocycles. The zero-order chi connectivity index (χ0) is 13.5. The van der Waals surface area contributed by atoms with Crippen LogP contribution in [0.1, 0.15) is 37.7 Å². The van der Waals surface area contributed by atoms with Gasteiger partial charge in [0.2, 0.25) is 0 Å². The summed E-state index contributed by atoms with van der Waals surface area (Å²) in [6, 6.07) is 9.26. The third kappa shape index (κ3) is 2.05. The van der Waals surface area contributed by atoms with Gasteiger partial charge < -0.3 is 10.1 Å². The summed E-state index contributed by atoms with van der Waals surface area (Å²) in [5.41, 5.74) is 1.37. The zero-order valence-electron chi connectivity index (χ0n) is 12.3. The van der Waals surface area contributed by atoms with Gasteiger partial charge >= 0.3 is 0 Å². The molecular formula is C18H25NO. The van der Waals surface area contributed by atoms with E-state index in [1.54, 1.807) is 7.11 Å². The molecule has 0 aromatic heterocycles. The third-order valence-corrected chi connectivity index (χ3v) is 6.16. The van der Waals surface area contributed by atoms with E-state index in [-0.39, 0.29) is 0 Å². The van der Waals surface area contributed by atoms with Gasteiger partial charge in [-0.05, 0) is 67.1 Å². The van der Waals surface area contributed by atoms with Crippen LogP contribution in [0.2, 0.25) is 0 Å². The van der Waals surface area contributed by atoms with E-state index in [1.807, 2.05) is 0 Å². The highest BCUT2D eigenvalue weighted by Crippen LogP contribution is 2.58. The number of rotatable bonds is 4. The normalized spacial score (nSPS) is 38.1. The Labute approximate surface area is 121 Å². The molecule has 1 aromatic carbocycles. The predicted molar refractivity (Wildman–Crippen MR) is 80.7 cm³/mol. The average molecular weight is 271 g/mol. The molecule has 108 valence electrons. The SMILES string of the molecule is COc1ccc(CNC2CC3CC2C2CCCC32)cc1. The van der Waals surface area contributed by atoms with Gasteiger partial charge in [0, 0.05) is 12.6 Å². The van der Waals surface area contributed by atoms with Crippen molar-refractivity contribution in [2.24, 2.45) is 23.7 Å². The monoisotopic (exact) mass is 271 g/mol. The van der Waals surface area contributed by atoms with E-state index in [0.717, 1.165) is 42.0 Å². The average Bonchev–Trinajstić information content (AvgIpc) is 3.17. The van der Waals surface area contributed by atoms with Crippen molar-refractivity contribution >= 4 is 0 Å². The van der Waals surface area contributed by atoms with Crippen LogP contribution in [-0.2, 0) is 6.54 Å². The van der Waals surface area contributed by atoms with E-state index in [1.165, 1.54) is 37.7 Å². The highest BCUT2D eigenvalue weighted by molar-refractivity contribution is 5.27. The van der Waals surface area contributed by atoms with E-state index in [2.05, 4.69) is 29.6 Å².